The van der Waals surface area contributed by atoms with Crippen LogP contribution in [0, 0.1) is 5.92 Å². The van der Waals surface area contributed by atoms with Gasteiger partial charge >= 0.3 is 64.3 Å². The largest absolute Gasteiger partial charge is 1.00 e. The Morgan fingerprint density at radius 1 is 1.60 bits per heavy atom. The van der Waals surface area contributed by atoms with Gasteiger partial charge in [-0.1, -0.05) is 0 Å². The molecule has 0 aromatic heterocycles. The second kappa shape index (κ2) is 6.44. The predicted molar refractivity (Wildman–Crippen MR) is 46.5 cm³/mol. The zero-order valence-corrected chi connectivity index (χ0v) is 11.9. The summed E-state index contributed by atoms with van der Waals surface area (Å²) in [5.41, 5.74) is -0.553. The van der Waals surface area contributed by atoms with E-state index in [-0.39, 0.29) is 70.8 Å². The van der Waals surface area contributed by atoms with Crippen molar-refractivity contribution >= 4 is 12.9 Å². The van der Waals surface area contributed by atoms with E-state index in [1.165, 1.54) is 0 Å². The molecule has 0 N–H and O–H groups in total. The van der Waals surface area contributed by atoms with Crippen molar-refractivity contribution in [2.75, 3.05) is 6.61 Å². The molecule has 7 heteroatoms. The summed E-state index contributed by atoms with van der Waals surface area (Å²) in [5.74, 6) is -1.16. The third-order valence-corrected chi connectivity index (χ3v) is 2.19. The summed E-state index contributed by atoms with van der Waals surface area (Å²) in [6.45, 7) is -3.08. The first-order chi connectivity index (χ1) is 6.45. The molecule has 0 heterocycles. The molecule has 0 aromatic rings. The van der Waals surface area contributed by atoms with Gasteiger partial charge < -0.3 is 17.7 Å². The number of carbonyl (C=O) groups is 1. The van der Waals surface area contributed by atoms with Crippen molar-refractivity contribution in [3.63, 3.8) is 0 Å². The summed E-state index contributed by atoms with van der Waals surface area (Å²) < 4.78 is 41.3. The number of rotatable bonds is 3. The summed E-state index contributed by atoms with van der Waals surface area (Å²) in [7, 11) is 0. The molecular weight excluding hydrogens is 235 g/mol. The van der Waals surface area contributed by atoms with Crippen LogP contribution in [0.2, 0.25) is 0 Å². The van der Waals surface area contributed by atoms with E-state index in [1.807, 2.05) is 0 Å². The van der Waals surface area contributed by atoms with Crippen LogP contribution in [0.3, 0.4) is 0 Å². The fourth-order valence-corrected chi connectivity index (χ4v) is 1.45. The Hall–Kier alpha value is 0.701. The Balaban J connectivity index is 0.00000196. The van der Waals surface area contributed by atoms with Crippen LogP contribution in [-0.2, 0) is 9.53 Å². The summed E-state index contributed by atoms with van der Waals surface area (Å²) in [6, 6.07) is 0. The predicted octanol–water partition coefficient (Wildman–Crippen LogP) is -0.723. The average Bonchev–Trinajstić information content (AvgIpc) is 2.51. The van der Waals surface area contributed by atoms with Crippen LogP contribution in [0.4, 0.5) is 12.9 Å². The minimum atomic E-state index is -4.92. The Morgan fingerprint density at radius 3 is 2.60 bits per heavy atom. The van der Waals surface area contributed by atoms with E-state index in [4.69, 9.17) is 0 Å². The number of carbonyl (C=O) groups excluding carboxylic acids is 1. The molecule has 15 heavy (non-hydrogen) atoms. The Bertz CT molecular complexity index is 265. The first-order valence-electron chi connectivity index (χ1n) is 4.50. The molecule has 1 aliphatic rings. The normalized spacial score (nSPS) is 20.5. The molecular formula is C8H11BF3KO2. The summed E-state index contributed by atoms with van der Waals surface area (Å²) in [4.78, 5) is 11.1. The van der Waals surface area contributed by atoms with E-state index in [9.17, 15) is 17.7 Å². The maximum Gasteiger partial charge on any atom is 1.00 e. The number of esters is 1. The monoisotopic (exact) mass is 246 g/mol. The van der Waals surface area contributed by atoms with Crippen LogP contribution in [0.1, 0.15) is 19.8 Å². The van der Waals surface area contributed by atoms with Crippen molar-refractivity contribution < 1.29 is 73.9 Å². The van der Waals surface area contributed by atoms with Crippen molar-refractivity contribution in [2.24, 2.45) is 5.92 Å². The van der Waals surface area contributed by atoms with Crippen LogP contribution >= 0.6 is 0 Å². The summed E-state index contributed by atoms with van der Waals surface area (Å²) in [6.07, 6.45) is 1.03. The number of ether oxygens (including phenoxy) is 1. The third kappa shape index (κ3) is 4.60. The maximum absolute atomic E-state index is 12.2. The molecule has 1 atom stereocenters. The van der Waals surface area contributed by atoms with Crippen molar-refractivity contribution in [2.45, 2.75) is 19.8 Å². The van der Waals surface area contributed by atoms with Crippen molar-refractivity contribution in [1.29, 1.82) is 0 Å². The molecule has 0 bridgehead atoms. The van der Waals surface area contributed by atoms with Gasteiger partial charge in [0.2, 0.25) is 0 Å². The smallest absolute Gasteiger partial charge is 0.466 e. The standard InChI is InChI=1S/C8H11BF3O2.K/c1-2-14-8(13)6-3-4-7(5-6)9(10,11)12;/h4,6H,2-3,5H2,1H3;/q-1;+1. The number of hydrogen-bond acceptors (Lipinski definition) is 2. The quantitative estimate of drug-likeness (QED) is 0.485. The zero-order valence-electron chi connectivity index (χ0n) is 8.80. The molecule has 0 fully saturated rings. The number of hydrogen-bond donors (Lipinski definition) is 0. The third-order valence-electron chi connectivity index (χ3n) is 2.19. The van der Waals surface area contributed by atoms with Crippen LogP contribution < -0.4 is 51.4 Å². The fourth-order valence-electron chi connectivity index (χ4n) is 1.45. The van der Waals surface area contributed by atoms with Gasteiger partial charge in [-0.15, -0.1) is 11.5 Å². The van der Waals surface area contributed by atoms with Crippen molar-refractivity contribution in [3.05, 3.63) is 11.5 Å². The van der Waals surface area contributed by atoms with Crippen molar-refractivity contribution in [1.82, 2.24) is 0 Å². The summed E-state index contributed by atoms with van der Waals surface area (Å²) in [5, 5.41) is 0. The van der Waals surface area contributed by atoms with E-state index in [0.717, 1.165) is 6.08 Å². The van der Waals surface area contributed by atoms with Crippen LogP contribution in [-0.4, -0.2) is 19.6 Å². The van der Waals surface area contributed by atoms with Gasteiger partial charge in [0, 0.05) is 0 Å². The molecule has 0 saturated heterocycles. The molecule has 0 saturated carbocycles. The second-order valence-electron chi connectivity index (χ2n) is 3.24. The average molecular weight is 246 g/mol. The van der Waals surface area contributed by atoms with Gasteiger partial charge in [0.1, 0.15) is 0 Å². The molecule has 0 aromatic carbocycles. The fraction of sp³-hybridized carbons (Fsp3) is 0.625. The topological polar surface area (TPSA) is 26.3 Å². The molecule has 0 radical (unpaired) electrons. The Morgan fingerprint density at radius 2 is 2.20 bits per heavy atom. The SMILES string of the molecule is CCOC(=O)C1CC=C([B-](F)(F)F)C1.[K+]. The van der Waals surface area contributed by atoms with E-state index in [0.29, 0.717) is 0 Å². The molecule has 0 spiro atoms. The molecule has 1 unspecified atom stereocenters. The van der Waals surface area contributed by atoms with E-state index in [2.05, 4.69) is 4.74 Å². The second-order valence-corrected chi connectivity index (χ2v) is 3.24. The van der Waals surface area contributed by atoms with Crippen LogP contribution in [0.15, 0.2) is 11.5 Å². The molecule has 1 aliphatic carbocycles. The van der Waals surface area contributed by atoms with Crippen LogP contribution in [0.25, 0.3) is 0 Å². The van der Waals surface area contributed by atoms with E-state index in [1.54, 1.807) is 6.92 Å². The molecule has 0 amide bonds. The minimum Gasteiger partial charge on any atom is -0.466 e. The first kappa shape index (κ1) is 15.7. The van der Waals surface area contributed by atoms with Gasteiger partial charge in [0.15, 0.2) is 0 Å². The molecule has 2 nitrogen and oxygen atoms in total. The van der Waals surface area contributed by atoms with E-state index >= 15 is 0 Å². The van der Waals surface area contributed by atoms with Gasteiger partial charge in [0.25, 0.3) is 0 Å². The van der Waals surface area contributed by atoms with Gasteiger partial charge in [-0.05, 0) is 19.8 Å². The van der Waals surface area contributed by atoms with Gasteiger partial charge in [-0.2, -0.15) is 0 Å². The summed E-state index contributed by atoms with van der Waals surface area (Å²) >= 11 is 0. The van der Waals surface area contributed by atoms with Gasteiger partial charge in [0.05, 0.1) is 12.5 Å². The number of halogens is 3. The number of allylic oxidation sites excluding steroid dienone is 2. The molecule has 80 valence electrons. The maximum atomic E-state index is 12.2. The van der Waals surface area contributed by atoms with E-state index < -0.39 is 24.3 Å². The molecule has 1 rings (SSSR count). The Labute approximate surface area is 129 Å². The van der Waals surface area contributed by atoms with Crippen molar-refractivity contribution in [3.8, 4) is 0 Å². The zero-order chi connectivity index (χ0) is 10.8. The minimum absolute atomic E-state index is 0. The molecule has 0 aliphatic heterocycles. The Kier molecular flexibility index (Phi) is 6.74. The van der Waals surface area contributed by atoms with Crippen LogP contribution in [0.5, 0.6) is 0 Å². The first-order valence-corrected chi connectivity index (χ1v) is 4.50. The van der Waals surface area contributed by atoms with Gasteiger partial charge in [-0.3, -0.25) is 4.79 Å². The van der Waals surface area contributed by atoms with Gasteiger partial charge in [-0.25, -0.2) is 0 Å².